The van der Waals surface area contributed by atoms with E-state index in [0.29, 0.717) is 17.1 Å². The van der Waals surface area contributed by atoms with E-state index in [4.69, 9.17) is 4.74 Å². The number of para-hydroxylation sites is 1. The summed E-state index contributed by atoms with van der Waals surface area (Å²) in [4.78, 5) is 36.1. The van der Waals surface area contributed by atoms with E-state index >= 15 is 0 Å². The van der Waals surface area contributed by atoms with Gasteiger partial charge in [-0.05, 0) is 49.7 Å². The summed E-state index contributed by atoms with van der Waals surface area (Å²) in [5.74, 6) is 0.0259. The Morgan fingerprint density at radius 1 is 1.03 bits per heavy atom. The fraction of sp³-hybridized carbons (Fsp3) is 0.167. The Morgan fingerprint density at radius 2 is 1.79 bits per heavy atom. The number of benzene rings is 3. The summed E-state index contributed by atoms with van der Waals surface area (Å²) in [7, 11) is 0. The maximum atomic E-state index is 12.6. The van der Waals surface area contributed by atoms with E-state index in [9.17, 15) is 19.7 Å². The van der Waals surface area contributed by atoms with Gasteiger partial charge in [-0.2, -0.15) is 0 Å². The molecule has 0 bridgehead atoms. The van der Waals surface area contributed by atoms with Crippen molar-refractivity contribution < 1.29 is 19.2 Å². The molecule has 0 aliphatic heterocycles. The normalized spacial score (nSPS) is 11.3. The molecule has 3 aromatic rings. The van der Waals surface area contributed by atoms with Crippen molar-refractivity contribution in [1.29, 1.82) is 0 Å². The minimum Gasteiger partial charge on any atom is -0.484 e. The molecular formula is C24H23N3O5S. The van der Waals surface area contributed by atoms with Gasteiger partial charge >= 0.3 is 0 Å². The fourth-order valence-electron chi connectivity index (χ4n) is 2.86. The number of nitrogens with one attached hydrogen (secondary N) is 2. The van der Waals surface area contributed by atoms with Crippen LogP contribution in [0.1, 0.15) is 12.5 Å². The number of carbonyl (C=O) groups excluding carboxylic acids is 2. The molecular weight excluding hydrogens is 442 g/mol. The van der Waals surface area contributed by atoms with Gasteiger partial charge in [0.25, 0.3) is 11.6 Å². The highest BCUT2D eigenvalue weighted by Gasteiger charge is 2.17. The van der Waals surface area contributed by atoms with Crippen molar-refractivity contribution in [2.24, 2.45) is 0 Å². The number of thioether (sulfide) groups is 1. The molecule has 170 valence electrons. The minimum absolute atomic E-state index is 0.0871. The third-order valence-electron chi connectivity index (χ3n) is 4.60. The van der Waals surface area contributed by atoms with Gasteiger partial charge in [-0.25, -0.2) is 0 Å². The highest BCUT2D eigenvalue weighted by atomic mass is 32.2. The van der Waals surface area contributed by atoms with Gasteiger partial charge in [-0.3, -0.25) is 19.7 Å². The van der Waals surface area contributed by atoms with E-state index in [2.05, 4.69) is 10.6 Å². The Bertz CT molecular complexity index is 1150. The summed E-state index contributed by atoms with van der Waals surface area (Å²) >= 11 is 1.31. The molecule has 1 unspecified atom stereocenters. The second kappa shape index (κ2) is 11.1. The maximum Gasteiger partial charge on any atom is 0.271 e. The molecule has 0 fully saturated rings. The maximum absolute atomic E-state index is 12.6. The SMILES string of the molecule is Cc1ccc([N+](=O)[O-])cc1NC(=O)C(C)Sc1cccc(NC(=O)COc2ccccc2)c1. The first-order valence-corrected chi connectivity index (χ1v) is 11.0. The molecule has 2 N–H and O–H groups in total. The topological polar surface area (TPSA) is 111 Å². The zero-order valence-corrected chi connectivity index (χ0v) is 18.9. The first kappa shape index (κ1) is 23.8. The Kier molecular flexibility index (Phi) is 8.04. The Hall–Kier alpha value is -3.85. The van der Waals surface area contributed by atoms with Crippen LogP contribution in [0.15, 0.2) is 77.7 Å². The lowest BCUT2D eigenvalue weighted by Gasteiger charge is -2.14. The third kappa shape index (κ3) is 7.08. The van der Waals surface area contributed by atoms with Crippen LogP contribution in [0.25, 0.3) is 0 Å². The van der Waals surface area contributed by atoms with Crippen LogP contribution in [0, 0.1) is 17.0 Å². The number of hydrogen-bond donors (Lipinski definition) is 2. The molecule has 0 spiro atoms. The van der Waals surface area contributed by atoms with Crippen LogP contribution in [-0.4, -0.2) is 28.6 Å². The van der Waals surface area contributed by atoms with Crippen LogP contribution in [0.2, 0.25) is 0 Å². The number of rotatable bonds is 9. The monoisotopic (exact) mass is 465 g/mol. The van der Waals surface area contributed by atoms with E-state index in [0.717, 1.165) is 10.5 Å². The summed E-state index contributed by atoms with van der Waals surface area (Å²) < 4.78 is 5.44. The number of nitro benzene ring substituents is 1. The van der Waals surface area contributed by atoms with E-state index in [-0.39, 0.29) is 24.1 Å². The van der Waals surface area contributed by atoms with E-state index in [1.807, 2.05) is 24.3 Å². The van der Waals surface area contributed by atoms with Crippen LogP contribution in [0.4, 0.5) is 17.1 Å². The summed E-state index contributed by atoms with van der Waals surface area (Å²) in [5, 5.41) is 16.1. The van der Waals surface area contributed by atoms with Crippen molar-refractivity contribution in [2.45, 2.75) is 24.0 Å². The van der Waals surface area contributed by atoms with Crippen molar-refractivity contribution in [1.82, 2.24) is 0 Å². The quantitative estimate of drug-likeness (QED) is 0.260. The van der Waals surface area contributed by atoms with Gasteiger partial charge in [0, 0.05) is 22.7 Å². The molecule has 2 amide bonds. The number of aryl methyl sites for hydroxylation is 1. The minimum atomic E-state index is -0.502. The Balaban J connectivity index is 1.57. The number of carbonyl (C=O) groups is 2. The molecule has 0 heterocycles. The lowest BCUT2D eigenvalue weighted by Crippen LogP contribution is -2.23. The van der Waals surface area contributed by atoms with Crippen molar-refractivity contribution in [3.8, 4) is 5.75 Å². The molecule has 3 rings (SSSR count). The molecule has 1 atom stereocenters. The lowest BCUT2D eigenvalue weighted by molar-refractivity contribution is -0.384. The van der Waals surface area contributed by atoms with Crippen LogP contribution < -0.4 is 15.4 Å². The van der Waals surface area contributed by atoms with Gasteiger partial charge in [0.05, 0.1) is 15.9 Å². The van der Waals surface area contributed by atoms with Gasteiger partial charge < -0.3 is 15.4 Å². The Labute approximate surface area is 195 Å². The van der Waals surface area contributed by atoms with Crippen molar-refractivity contribution >= 4 is 40.6 Å². The number of nitrogens with zero attached hydrogens (tertiary/aromatic N) is 1. The van der Waals surface area contributed by atoms with Crippen LogP contribution >= 0.6 is 11.8 Å². The third-order valence-corrected chi connectivity index (χ3v) is 5.70. The molecule has 8 nitrogen and oxygen atoms in total. The molecule has 0 aliphatic carbocycles. The number of ether oxygens (including phenoxy) is 1. The summed E-state index contributed by atoms with van der Waals surface area (Å²) in [6, 6.07) is 20.5. The number of hydrogen-bond acceptors (Lipinski definition) is 6. The average molecular weight is 466 g/mol. The zero-order valence-electron chi connectivity index (χ0n) is 18.1. The molecule has 0 saturated heterocycles. The molecule has 0 aromatic heterocycles. The predicted molar refractivity (Wildman–Crippen MR) is 129 cm³/mol. The number of non-ortho nitro benzene ring substituents is 1. The van der Waals surface area contributed by atoms with Crippen LogP contribution in [0.3, 0.4) is 0 Å². The largest absolute Gasteiger partial charge is 0.484 e. The van der Waals surface area contributed by atoms with Crippen LogP contribution in [-0.2, 0) is 9.59 Å². The van der Waals surface area contributed by atoms with E-state index in [1.165, 1.54) is 23.9 Å². The first-order chi connectivity index (χ1) is 15.8. The van der Waals surface area contributed by atoms with Crippen molar-refractivity contribution in [2.75, 3.05) is 17.2 Å². The summed E-state index contributed by atoms with van der Waals surface area (Å²) in [6.45, 7) is 3.39. The summed E-state index contributed by atoms with van der Waals surface area (Å²) in [6.07, 6.45) is 0. The highest BCUT2D eigenvalue weighted by Crippen LogP contribution is 2.28. The lowest BCUT2D eigenvalue weighted by atomic mass is 10.2. The number of anilines is 2. The molecule has 0 radical (unpaired) electrons. The first-order valence-electron chi connectivity index (χ1n) is 10.1. The van der Waals surface area contributed by atoms with Gasteiger partial charge in [-0.1, -0.05) is 30.3 Å². The molecule has 0 aliphatic rings. The average Bonchev–Trinajstić information content (AvgIpc) is 2.80. The Morgan fingerprint density at radius 3 is 2.52 bits per heavy atom. The number of nitro groups is 1. The van der Waals surface area contributed by atoms with Crippen molar-refractivity contribution in [3.05, 3.63) is 88.5 Å². The summed E-state index contributed by atoms with van der Waals surface area (Å²) in [5.41, 5.74) is 1.63. The van der Waals surface area contributed by atoms with Crippen LogP contribution in [0.5, 0.6) is 5.75 Å². The molecule has 3 aromatic carbocycles. The highest BCUT2D eigenvalue weighted by molar-refractivity contribution is 8.00. The van der Waals surface area contributed by atoms with E-state index in [1.54, 1.807) is 50.2 Å². The van der Waals surface area contributed by atoms with Crippen molar-refractivity contribution in [3.63, 3.8) is 0 Å². The molecule has 33 heavy (non-hydrogen) atoms. The predicted octanol–water partition coefficient (Wildman–Crippen LogP) is 5.04. The molecule has 9 heteroatoms. The fourth-order valence-corrected chi connectivity index (χ4v) is 3.79. The number of amides is 2. The zero-order chi connectivity index (χ0) is 23.8. The van der Waals surface area contributed by atoms with Gasteiger partial charge in [0.2, 0.25) is 5.91 Å². The standard InChI is InChI=1S/C24H23N3O5S/c1-16-11-12-19(27(30)31)14-22(16)26-24(29)17(2)33-21-10-6-7-18(13-21)25-23(28)15-32-20-8-4-3-5-9-20/h3-14,17H,15H2,1-2H3,(H,25,28)(H,26,29). The smallest absolute Gasteiger partial charge is 0.271 e. The van der Waals surface area contributed by atoms with Gasteiger partial charge in [-0.15, -0.1) is 11.8 Å². The van der Waals surface area contributed by atoms with Gasteiger partial charge in [0.1, 0.15) is 5.75 Å². The van der Waals surface area contributed by atoms with E-state index < -0.39 is 10.2 Å². The second-order valence-electron chi connectivity index (χ2n) is 7.18. The second-order valence-corrected chi connectivity index (χ2v) is 8.60. The molecule has 0 saturated carbocycles. The van der Waals surface area contributed by atoms with Gasteiger partial charge in [0.15, 0.2) is 6.61 Å².